The minimum Gasteiger partial charge on any atom is -0.438 e. The van der Waals surface area contributed by atoms with Crippen molar-refractivity contribution in [1.82, 2.24) is 19.8 Å². The highest BCUT2D eigenvalue weighted by Crippen LogP contribution is 2.28. The van der Waals surface area contributed by atoms with E-state index in [9.17, 15) is 13.2 Å². The van der Waals surface area contributed by atoms with E-state index in [1.807, 2.05) is 6.07 Å². The predicted molar refractivity (Wildman–Crippen MR) is 75.0 cm³/mol. The average molecular weight is 406 g/mol. The molecule has 0 spiro atoms. The second-order valence-corrected chi connectivity index (χ2v) is 5.27. The molecule has 0 aliphatic rings. The Morgan fingerprint density at radius 1 is 1.10 bits per heavy atom. The van der Waals surface area contributed by atoms with Crippen molar-refractivity contribution in [3.8, 4) is 11.6 Å². The molecular formula is C12H6F3IN4O. The minimum absolute atomic E-state index is 0.00248. The van der Waals surface area contributed by atoms with E-state index in [1.165, 1.54) is 12.1 Å². The molecule has 5 nitrogen and oxygen atoms in total. The maximum absolute atomic E-state index is 12.8. The van der Waals surface area contributed by atoms with Crippen molar-refractivity contribution in [2.45, 2.75) is 6.18 Å². The van der Waals surface area contributed by atoms with Crippen LogP contribution < -0.4 is 4.74 Å². The molecule has 0 radical (unpaired) electrons. The smallest absolute Gasteiger partial charge is 0.438 e. The molecule has 3 rings (SSSR count). The zero-order chi connectivity index (χ0) is 15.0. The van der Waals surface area contributed by atoms with Crippen molar-refractivity contribution in [1.29, 1.82) is 0 Å². The van der Waals surface area contributed by atoms with Gasteiger partial charge in [0.15, 0.2) is 5.65 Å². The lowest BCUT2D eigenvalue weighted by atomic mass is 10.3. The molecule has 1 aromatic carbocycles. The first-order valence-corrected chi connectivity index (χ1v) is 6.74. The molecule has 0 saturated carbocycles. The normalized spacial score (nSPS) is 11.8. The van der Waals surface area contributed by atoms with Gasteiger partial charge in [0.05, 0.1) is 0 Å². The van der Waals surface area contributed by atoms with E-state index >= 15 is 0 Å². The Hall–Kier alpha value is -1.91. The van der Waals surface area contributed by atoms with Crippen LogP contribution >= 0.6 is 22.6 Å². The standard InChI is InChI=1S/C12H6F3IN4O/c13-12(14,15)11-18-17-9-4-5-10(19-20(9)11)21-8-3-1-2-7(16)6-8/h1-6H. The molecule has 108 valence electrons. The van der Waals surface area contributed by atoms with Crippen LogP contribution in [0, 0.1) is 3.57 Å². The second kappa shape index (κ2) is 5.13. The van der Waals surface area contributed by atoms with Gasteiger partial charge in [-0.15, -0.1) is 15.3 Å². The largest absolute Gasteiger partial charge is 0.453 e. The topological polar surface area (TPSA) is 52.3 Å². The summed E-state index contributed by atoms with van der Waals surface area (Å²) in [6.45, 7) is 0. The summed E-state index contributed by atoms with van der Waals surface area (Å²) in [4.78, 5) is 0. The molecule has 0 atom stereocenters. The molecule has 2 aromatic heterocycles. The van der Waals surface area contributed by atoms with Crippen LogP contribution in [0.5, 0.6) is 11.6 Å². The fourth-order valence-electron chi connectivity index (χ4n) is 1.65. The SMILES string of the molecule is FC(F)(F)c1nnc2ccc(Oc3cccc(I)c3)nn12. The summed E-state index contributed by atoms with van der Waals surface area (Å²) in [6.07, 6.45) is -4.63. The Bertz CT molecular complexity index is 803. The third kappa shape index (κ3) is 2.91. The predicted octanol–water partition coefficient (Wildman–Crippen LogP) is 3.54. The molecule has 2 heterocycles. The lowest BCUT2D eigenvalue weighted by molar-refractivity contribution is -0.146. The van der Waals surface area contributed by atoms with Crippen LogP contribution in [0.3, 0.4) is 0 Å². The molecular weight excluding hydrogens is 400 g/mol. The van der Waals surface area contributed by atoms with Crippen molar-refractivity contribution in [2.24, 2.45) is 0 Å². The van der Waals surface area contributed by atoms with E-state index in [1.54, 1.807) is 18.2 Å². The highest BCUT2D eigenvalue weighted by atomic mass is 127. The quantitative estimate of drug-likeness (QED) is 0.612. The van der Waals surface area contributed by atoms with Gasteiger partial charge in [-0.25, -0.2) is 0 Å². The maximum atomic E-state index is 12.8. The Balaban J connectivity index is 2.00. The van der Waals surface area contributed by atoms with Gasteiger partial charge in [-0.1, -0.05) is 6.07 Å². The number of halogens is 4. The van der Waals surface area contributed by atoms with E-state index in [0.29, 0.717) is 10.3 Å². The zero-order valence-corrected chi connectivity index (χ0v) is 12.3. The summed E-state index contributed by atoms with van der Waals surface area (Å²) < 4.78 is 45.3. The van der Waals surface area contributed by atoms with Gasteiger partial charge in [0.25, 0.3) is 5.82 Å². The molecule has 0 saturated heterocycles. The monoisotopic (exact) mass is 406 g/mol. The summed E-state index contributed by atoms with van der Waals surface area (Å²) in [5.74, 6) is -0.684. The molecule has 9 heteroatoms. The Kier molecular flexibility index (Phi) is 3.43. The molecule has 0 aliphatic carbocycles. The molecule has 0 N–H and O–H groups in total. The number of aromatic nitrogens is 4. The number of alkyl halides is 3. The Morgan fingerprint density at radius 3 is 2.62 bits per heavy atom. The van der Waals surface area contributed by atoms with Crippen molar-refractivity contribution in [3.63, 3.8) is 0 Å². The van der Waals surface area contributed by atoms with Crippen molar-refractivity contribution < 1.29 is 17.9 Å². The third-order valence-corrected chi connectivity index (χ3v) is 3.18. The Morgan fingerprint density at radius 2 is 1.90 bits per heavy atom. The van der Waals surface area contributed by atoms with E-state index in [2.05, 4.69) is 37.9 Å². The van der Waals surface area contributed by atoms with Gasteiger partial charge in [0.2, 0.25) is 5.88 Å². The minimum atomic E-state index is -4.63. The molecule has 21 heavy (non-hydrogen) atoms. The first-order valence-electron chi connectivity index (χ1n) is 5.66. The maximum Gasteiger partial charge on any atom is 0.453 e. The fourth-order valence-corrected chi connectivity index (χ4v) is 2.17. The summed E-state index contributed by atoms with van der Waals surface area (Å²) in [5, 5.41) is 10.3. The van der Waals surface area contributed by atoms with Gasteiger partial charge >= 0.3 is 6.18 Å². The number of fused-ring (bicyclic) bond motifs is 1. The molecule has 0 aliphatic heterocycles. The number of ether oxygens (including phenoxy) is 1. The third-order valence-electron chi connectivity index (χ3n) is 2.51. The van der Waals surface area contributed by atoms with E-state index in [0.717, 1.165) is 3.57 Å². The lowest BCUT2D eigenvalue weighted by Gasteiger charge is -2.06. The molecule has 0 unspecified atom stereocenters. The zero-order valence-electron chi connectivity index (χ0n) is 10.2. The second-order valence-electron chi connectivity index (χ2n) is 4.02. The van der Waals surface area contributed by atoms with Crippen molar-refractivity contribution >= 4 is 28.2 Å². The van der Waals surface area contributed by atoms with E-state index < -0.39 is 12.0 Å². The summed E-state index contributed by atoms with van der Waals surface area (Å²) in [7, 11) is 0. The van der Waals surface area contributed by atoms with Crippen molar-refractivity contribution in [2.75, 3.05) is 0 Å². The van der Waals surface area contributed by atoms with Gasteiger partial charge in [0.1, 0.15) is 5.75 Å². The summed E-state index contributed by atoms with van der Waals surface area (Å²) in [6, 6.07) is 9.86. The Labute approximate surface area is 129 Å². The van der Waals surface area contributed by atoms with Crippen LogP contribution in [0.2, 0.25) is 0 Å². The first kappa shape index (κ1) is 14.0. The molecule has 0 fully saturated rings. The number of hydrogen-bond donors (Lipinski definition) is 0. The highest BCUT2D eigenvalue weighted by molar-refractivity contribution is 14.1. The van der Waals surface area contributed by atoms with E-state index in [-0.39, 0.29) is 11.5 Å². The van der Waals surface area contributed by atoms with Gasteiger partial charge in [-0.2, -0.15) is 17.7 Å². The van der Waals surface area contributed by atoms with Crippen LogP contribution in [0.15, 0.2) is 36.4 Å². The van der Waals surface area contributed by atoms with Crippen LogP contribution in [-0.4, -0.2) is 19.8 Å². The fraction of sp³-hybridized carbons (Fsp3) is 0.0833. The molecule has 0 bridgehead atoms. The highest BCUT2D eigenvalue weighted by Gasteiger charge is 2.37. The van der Waals surface area contributed by atoms with Crippen LogP contribution in [0.25, 0.3) is 5.65 Å². The first-order chi connectivity index (χ1) is 9.93. The van der Waals surface area contributed by atoms with Crippen LogP contribution in [0.4, 0.5) is 13.2 Å². The average Bonchev–Trinajstić information content (AvgIpc) is 2.81. The number of rotatable bonds is 2. The number of nitrogens with zero attached hydrogens (tertiary/aromatic N) is 4. The number of hydrogen-bond acceptors (Lipinski definition) is 4. The van der Waals surface area contributed by atoms with Crippen LogP contribution in [-0.2, 0) is 6.18 Å². The summed E-state index contributed by atoms with van der Waals surface area (Å²) >= 11 is 2.10. The van der Waals surface area contributed by atoms with Crippen LogP contribution in [0.1, 0.15) is 5.82 Å². The lowest BCUT2D eigenvalue weighted by Crippen LogP contribution is -2.12. The number of benzene rings is 1. The van der Waals surface area contributed by atoms with Gasteiger partial charge in [-0.3, -0.25) is 0 Å². The van der Waals surface area contributed by atoms with Gasteiger partial charge in [-0.05, 0) is 46.9 Å². The van der Waals surface area contributed by atoms with Gasteiger partial charge in [0, 0.05) is 9.64 Å². The van der Waals surface area contributed by atoms with Crippen molar-refractivity contribution in [3.05, 3.63) is 45.8 Å². The van der Waals surface area contributed by atoms with Gasteiger partial charge < -0.3 is 4.74 Å². The van der Waals surface area contributed by atoms with E-state index in [4.69, 9.17) is 4.74 Å². The molecule has 3 aromatic rings. The molecule has 0 amide bonds. The summed E-state index contributed by atoms with van der Waals surface area (Å²) in [5.41, 5.74) is -0.00248.